The predicted octanol–water partition coefficient (Wildman–Crippen LogP) is 4.45. The first kappa shape index (κ1) is 19.4. The van der Waals surface area contributed by atoms with Crippen LogP contribution in [0.25, 0.3) is 0 Å². The highest BCUT2D eigenvalue weighted by Gasteiger charge is 2.18. The summed E-state index contributed by atoms with van der Waals surface area (Å²) in [5.74, 6) is 1.22. The number of halogens is 1. The molecule has 3 rings (SSSR count). The summed E-state index contributed by atoms with van der Waals surface area (Å²) >= 11 is 6.13. The molecule has 3 aromatic rings. The van der Waals surface area contributed by atoms with Crippen molar-refractivity contribution in [3.8, 4) is 11.5 Å². The molecule has 0 atom stereocenters. The lowest BCUT2D eigenvalue weighted by Gasteiger charge is -2.13. The van der Waals surface area contributed by atoms with Crippen molar-refractivity contribution in [3.63, 3.8) is 0 Å². The number of benzene rings is 2. The number of anilines is 3. The topological polar surface area (TPSA) is 85.4 Å². The van der Waals surface area contributed by atoms with Crippen molar-refractivity contribution in [3.05, 3.63) is 64.7 Å². The lowest BCUT2D eigenvalue weighted by Crippen LogP contribution is -2.16. The van der Waals surface area contributed by atoms with Gasteiger partial charge >= 0.3 is 0 Å². The molecule has 1 amide bonds. The molecule has 0 unspecified atom stereocenters. The van der Waals surface area contributed by atoms with Gasteiger partial charge < -0.3 is 20.1 Å². The quantitative estimate of drug-likeness (QED) is 0.638. The highest BCUT2D eigenvalue weighted by molar-refractivity contribution is 6.31. The summed E-state index contributed by atoms with van der Waals surface area (Å²) in [6.45, 7) is 1.91. The highest BCUT2D eigenvalue weighted by Crippen LogP contribution is 2.29. The standard InChI is InChI=1S/C20H19ClN4O3/c1-12-13(21)6-4-7-14(12)22-17-10-11-18(25-24-17)23-20(26)19-15(27-2)8-5-9-16(19)28-3/h4-11H,1-3H3,(H,22,24)(H,23,25,26). The minimum atomic E-state index is -0.407. The molecule has 0 spiro atoms. The van der Waals surface area contributed by atoms with Crippen molar-refractivity contribution in [2.24, 2.45) is 0 Å². The zero-order chi connectivity index (χ0) is 20.1. The van der Waals surface area contributed by atoms with Gasteiger partial charge in [-0.15, -0.1) is 10.2 Å². The number of nitrogens with zero attached hydrogens (tertiary/aromatic N) is 2. The van der Waals surface area contributed by atoms with Gasteiger partial charge in [0.15, 0.2) is 11.6 Å². The van der Waals surface area contributed by atoms with E-state index in [0.29, 0.717) is 28.2 Å². The average molecular weight is 399 g/mol. The lowest BCUT2D eigenvalue weighted by atomic mass is 10.1. The Kier molecular flexibility index (Phi) is 5.96. The molecule has 0 radical (unpaired) electrons. The van der Waals surface area contributed by atoms with Gasteiger partial charge in [0.2, 0.25) is 0 Å². The van der Waals surface area contributed by atoms with E-state index in [1.54, 1.807) is 30.3 Å². The SMILES string of the molecule is COc1cccc(OC)c1C(=O)Nc1ccc(Nc2cccc(Cl)c2C)nn1. The maximum atomic E-state index is 12.7. The van der Waals surface area contributed by atoms with E-state index in [2.05, 4.69) is 20.8 Å². The van der Waals surface area contributed by atoms with E-state index in [0.717, 1.165) is 11.3 Å². The molecule has 28 heavy (non-hydrogen) atoms. The van der Waals surface area contributed by atoms with E-state index in [4.69, 9.17) is 21.1 Å². The Morgan fingerprint density at radius 3 is 2.14 bits per heavy atom. The normalized spacial score (nSPS) is 10.3. The van der Waals surface area contributed by atoms with E-state index in [1.807, 2.05) is 25.1 Å². The Labute approximate surface area is 167 Å². The first-order valence-corrected chi connectivity index (χ1v) is 8.79. The molecule has 7 nitrogen and oxygen atoms in total. The van der Waals surface area contributed by atoms with Crippen LogP contribution in [0.3, 0.4) is 0 Å². The fourth-order valence-corrected chi connectivity index (χ4v) is 2.77. The Bertz CT molecular complexity index is 971. The first-order valence-electron chi connectivity index (χ1n) is 8.41. The Hall–Kier alpha value is -3.32. The Morgan fingerprint density at radius 1 is 0.929 bits per heavy atom. The minimum Gasteiger partial charge on any atom is -0.496 e. The van der Waals surface area contributed by atoms with Gasteiger partial charge in [-0.3, -0.25) is 4.79 Å². The fraction of sp³-hybridized carbons (Fsp3) is 0.150. The first-order chi connectivity index (χ1) is 13.5. The predicted molar refractivity (Wildman–Crippen MR) is 109 cm³/mol. The number of carbonyl (C=O) groups excluding carboxylic acids is 1. The van der Waals surface area contributed by atoms with Gasteiger partial charge in [-0.25, -0.2) is 0 Å². The van der Waals surface area contributed by atoms with Gasteiger partial charge in [-0.1, -0.05) is 23.7 Å². The number of amides is 1. The van der Waals surface area contributed by atoms with Crippen LogP contribution in [0.2, 0.25) is 5.02 Å². The van der Waals surface area contributed by atoms with E-state index in [9.17, 15) is 4.79 Å². The maximum Gasteiger partial charge on any atom is 0.264 e. The number of hydrogen-bond acceptors (Lipinski definition) is 6. The third-order valence-corrected chi connectivity index (χ3v) is 4.50. The van der Waals surface area contributed by atoms with Crippen LogP contribution in [0.5, 0.6) is 11.5 Å². The Morgan fingerprint density at radius 2 is 1.54 bits per heavy atom. The summed E-state index contributed by atoms with van der Waals surface area (Å²) < 4.78 is 10.5. The summed E-state index contributed by atoms with van der Waals surface area (Å²) in [5.41, 5.74) is 2.02. The molecule has 0 aliphatic rings. The van der Waals surface area contributed by atoms with Crippen LogP contribution in [0.1, 0.15) is 15.9 Å². The van der Waals surface area contributed by atoms with E-state index in [1.165, 1.54) is 14.2 Å². The second-order valence-electron chi connectivity index (χ2n) is 5.83. The summed E-state index contributed by atoms with van der Waals surface area (Å²) in [6.07, 6.45) is 0. The molecule has 2 N–H and O–H groups in total. The van der Waals surface area contributed by atoms with Gasteiger partial charge in [0.05, 0.1) is 14.2 Å². The molecule has 0 aliphatic carbocycles. The van der Waals surface area contributed by atoms with Crippen molar-refractivity contribution >= 4 is 34.8 Å². The van der Waals surface area contributed by atoms with Crippen molar-refractivity contribution in [1.29, 1.82) is 0 Å². The second kappa shape index (κ2) is 8.58. The molecular weight excluding hydrogens is 380 g/mol. The smallest absolute Gasteiger partial charge is 0.264 e. The molecule has 8 heteroatoms. The molecular formula is C20H19ClN4O3. The van der Waals surface area contributed by atoms with E-state index < -0.39 is 5.91 Å². The summed E-state index contributed by atoms with van der Waals surface area (Å²) in [5, 5.41) is 14.6. The number of methoxy groups -OCH3 is 2. The highest BCUT2D eigenvalue weighted by atomic mass is 35.5. The number of nitrogens with one attached hydrogen (secondary N) is 2. The minimum absolute atomic E-state index is 0.283. The number of aromatic nitrogens is 2. The van der Waals surface area contributed by atoms with Crippen LogP contribution in [0.15, 0.2) is 48.5 Å². The molecule has 1 heterocycles. The van der Waals surface area contributed by atoms with E-state index >= 15 is 0 Å². The van der Waals surface area contributed by atoms with Crippen molar-refractivity contribution in [2.75, 3.05) is 24.9 Å². The zero-order valence-corrected chi connectivity index (χ0v) is 16.4. The monoisotopic (exact) mass is 398 g/mol. The third kappa shape index (κ3) is 4.15. The molecule has 0 saturated heterocycles. The third-order valence-electron chi connectivity index (χ3n) is 4.09. The number of ether oxygens (including phenoxy) is 2. The molecule has 0 aliphatic heterocycles. The van der Waals surface area contributed by atoms with Crippen LogP contribution >= 0.6 is 11.6 Å². The number of carbonyl (C=O) groups is 1. The molecule has 1 aromatic heterocycles. The van der Waals surface area contributed by atoms with Crippen LogP contribution in [-0.2, 0) is 0 Å². The average Bonchev–Trinajstić information content (AvgIpc) is 2.72. The molecule has 0 saturated carbocycles. The van der Waals surface area contributed by atoms with Gasteiger partial charge in [0.25, 0.3) is 5.91 Å². The fourth-order valence-electron chi connectivity index (χ4n) is 2.60. The van der Waals surface area contributed by atoms with Crippen LogP contribution < -0.4 is 20.1 Å². The summed E-state index contributed by atoms with van der Waals surface area (Å²) in [4.78, 5) is 12.7. The molecule has 144 valence electrons. The largest absolute Gasteiger partial charge is 0.496 e. The van der Waals surface area contributed by atoms with Gasteiger partial charge in [0.1, 0.15) is 17.1 Å². The number of hydrogen-bond donors (Lipinski definition) is 2. The Balaban J connectivity index is 1.76. The maximum absolute atomic E-state index is 12.7. The lowest BCUT2D eigenvalue weighted by molar-refractivity contribution is 0.102. The molecule has 2 aromatic carbocycles. The van der Waals surface area contributed by atoms with Gasteiger partial charge in [0, 0.05) is 10.7 Å². The van der Waals surface area contributed by atoms with Crippen molar-refractivity contribution in [1.82, 2.24) is 10.2 Å². The second-order valence-corrected chi connectivity index (χ2v) is 6.24. The van der Waals surface area contributed by atoms with Crippen molar-refractivity contribution in [2.45, 2.75) is 6.92 Å². The molecule has 0 bridgehead atoms. The van der Waals surface area contributed by atoms with Gasteiger partial charge in [-0.2, -0.15) is 0 Å². The molecule has 0 fully saturated rings. The van der Waals surface area contributed by atoms with Crippen LogP contribution in [0, 0.1) is 6.92 Å². The van der Waals surface area contributed by atoms with Crippen LogP contribution in [0.4, 0.5) is 17.3 Å². The zero-order valence-electron chi connectivity index (χ0n) is 15.6. The number of rotatable bonds is 6. The van der Waals surface area contributed by atoms with Crippen LogP contribution in [-0.4, -0.2) is 30.3 Å². The van der Waals surface area contributed by atoms with Crippen molar-refractivity contribution < 1.29 is 14.3 Å². The van der Waals surface area contributed by atoms with E-state index in [-0.39, 0.29) is 5.56 Å². The van der Waals surface area contributed by atoms with Gasteiger partial charge in [-0.05, 0) is 48.9 Å². The summed E-state index contributed by atoms with van der Waals surface area (Å²) in [6, 6.07) is 14.0. The summed E-state index contributed by atoms with van der Waals surface area (Å²) in [7, 11) is 2.98.